The summed E-state index contributed by atoms with van der Waals surface area (Å²) in [6, 6.07) is 10.3. The third-order valence-electron chi connectivity index (χ3n) is 4.90. The first-order valence-corrected chi connectivity index (χ1v) is 11.8. The van der Waals surface area contributed by atoms with E-state index >= 15 is 0 Å². The molecule has 2 atom stereocenters. The Kier molecular flexibility index (Phi) is 8.37. The molecule has 0 bridgehead atoms. The molecule has 24 heavy (non-hydrogen) atoms. The maximum absolute atomic E-state index is 9.75. The van der Waals surface area contributed by atoms with Crippen molar-refractivity contribution in [2.24, 2.45) is 0 Å². The van der Waals surface area contributed by atoms with E-state index in [1.807, 2.05) is 24.3 Å². The van der Waals surface area contributed by atoms with Crippen molar-refractivity contribution in [1.82, 2.24) is 5.32 Å². The standard InChI is InChI=1S/C20H35NO2Si/c1-7-11-19(23-24(5,6)20(2,3)4)14-18(16-22)21-15-17-12-9-8-10-13-17/h7-10,12-13,18-19,21-22H,1,11,14-16H2,2-6H3/t18-,19+/m0/s1. The molecule has 0 radical (unpaired) electrons. The zero-order chi connectivity index (χ0) is 18.2. The van der Waals surface area contributed by atoms with Crippen LogP contribution in [0.3, 0.4) is 0 Å². The third-order valence-corrected chi connectivity index (χ3v) is 9.44. The van der Waals surface area contributed by atoms with E-state index in [1.54, 1.807) is 0 Å². The van der Waals surface area contributed by atoms with Gasteiger partial charge in [0.05, 0.1) is 12.7 Å². The summed E-state index contributed by atoms with van der Waals surface area (Å²) in [4.78, 5) is 0. The van der Waals surface area contributed by atoms with Crippen molar-refractivity contribution in [3.05, 3.63) is 48.6 Å². The average molecular weight is 350 g/mol. The summed E-state index contributed by atoms with van der Waals surface area (Å²) in [5, 5.41) is 13.4. The van der Waals surface area contributed by atoms with Crippen molar-refractivity contribution in [1.29, 1.82) is 0 Å². The highest BCUT2D eigenvalue weighted by Gasteiger charge is 2.39. The molecular formula is C20H35NO2Si. The monoisotopic (exact) mass is 349 g/mol. The molecule has 0 aliphatic heterocycles. The van der Waals surface area contributed by atoms with Crippen molar-refractivity contribution in [2.75, 3.05) is 6.61 Å². The Morgan fingerprint density at radius 3 is 2.38 bits per heavy atom. The molecule has 0 heterocycles. The molecule has 0 saturated heterocycles. The molecule has 0 spiro atoms. The first kappa shape index (κ1) is 21.1. The van der Waals surface area contributed by atoms with Gasteiger partial charge < -0.3 is 14.8 Å². The summed E-state index contributed by atoms with van der Waals surface area (Å²) in [6.45, 7) is 16.0. The molecule has 1 rings (SSSR count). The highest BCUT2D eigenvalue weighted by molar-refractivity contribution is 6.74. The van der Waals surface area contributed by atoms with Crippen LogP contribution in [0, 0.1) is 0 Å². The van der Waals surface area contributed by atoms with Gasteiger partial charge in [-0.25, -0.2) is 0 Å². The predicted molar refractivity (Wildman–Crippen MR) is 106 cm³/mol. The second-order valence-corrected chi connectivity index (χ2v) is 12.8. The number of nitrogens with one attached hydrogen (secondary N) is 1. The number of benzene rings is 1. The summed E-state index contributed by atoms with van der Waals surface area (Å²) < 4.78 is 6.54. The molecule has 0 unspecified atom stereocenters. The van der Waals surface area contributed by atoms with Crippen LogP contribution in [0.2, 0.25) is 18.1 Å². The van der Waals surface area contributed by atoms with Gasteiger partial charge in [0, 0.05) is 12.6 Å². The van der Waals surface area contributed by atoms with Gasteiger partial charge in [-0.1, -0.05) is 57.2 Å². The second-order valence-electron chi connectivity index (χ2n) is 8.01. The lowest BCUT2D eigenvalue weighted by Gasteiger charge is -2.40. The Morgan fingerprint density at radius 1 is 1.25 bits per heavy atom. The molecule has 0 amide bonds. The first-order chi connectivity index (χ1) is 11.2. The predicted octanol–water partition coefficient (Wildman–Crippen LogP) is 4.49. The first-order valence-electron chi connectivity index (χ1n) is 8.86. The van der Waals surface area contributed by atoms with Crippen LogP contribution < -0.4 is 5.32 Å². The van der Waals surface area contributed by atoms with Crippen LogP contribution in [0.4, 0.5) is 0 Å². The largest absolute Gasteiger partial charge is 0.414 e. The van der Waals surface area contributed by atoms with E-state index in [9.17, 15) is 5.11 Å². The Balaban J connectivity index is 2.65. The van der Waals surface area contributed by atoms with E-state index < -0.39 is 8.32 Å². The van der Waals surface area contributed by atoms with Gasteiger partial charge in [-0.15, -0.1) is 6.58 Å². The summed E-state index contributed by atoms with van der Waals surface area (Å²) in [5.74, 6) is 0. The van der Waals surface area contributed by atoms with Crippen LogP contribution in [-0.2, 0) is 11.0 Å². The molecular weight excluding hydrogens is 314 g/mol. The van der Waals surface area contributed by atoms with Crippen molar-refractivity contribution >= 4 is 8.32 Å². The van der Waals surface area contributed by atoms with Crippen molar-refractivity contribution in [3.63, 3.8) is 0 Å². The minimum atomic E-state index is -1.83. The molecule has 1 aromatic rings. The fourth-order valence-electron chi connectivity index (χ4n) is 2.37. The van der Waals surface area contributed by atoms with E-state index in [2.05, 4.69) is 57.9 Å². The van der Waals surface area contributed by atoms with Crippen LogP contribution in [-0.4, -0.2) is 32.2 Å². The molecule has 1 aromatic carbocycles. The second kappa shape index (κ2) is 9.52. The molecule has 0 saturated carbocycles. The zero-order valence-electron chi connectivity index (χ0n) is 16.0. The SMILES string of the molecule is C=CC[C@H](C[C@@H](CO)NCc1ccccc1)O[Si](C)(C)C(C)(C)C. The maximum Gasteiger partial charge on any atom is 0.192 e. The number of aliphatic hydroxyl groups is 1. The van der Waals surface area contributed by atoms with E-state index in [-0.39, 0.29) is 23.8 Å². The smallest absolute Gasteiger partial charge is 0.192 e. The topological polar surface area (TPSA) is 41.5 Å². The van der Waals surface area contributed by atoms with Gasteiger partial charge in [0.15, 0.2) is 8.32 Å². The highest BCUT2D eigenvalue weighted by Crippen LogP contribution is 2.38. The van der Waals surface area contributed by atoms with Gasteiger partial charge in [0.2, 0.25) is 0 Å². The van der Waals surface area contributed by atoms with Crippen LogP contribution in [0.1, 0.15) is 39.2 Å². The number of rotatable bonds is 10. The van der Waals surface area contributed by atoms with Gasteiger partial charge in [-0.2, -0.15) is 0 Å². The van der Waals surface area contributed by atoms with Gasteiger partial charge in [-0.05, 0) is 36.5 Å². The Bertz CT molecular complexity index is 482. The quantitative estimate of drug-likeness (QED) is 0.483. The molecule has 0 aliphatic carbocycles. The van der Waals surface area contributed by atoms with Crippen molar-refractivity contribution < 1.29 is 9.53 Å². The van der Waals surface area contributed by atoms with Crippen LogP contribution in [0.25, 0.3) is 0 Å². The van der Waals surface area contributed by atoms with Crippen LogP contribution in [0.5, 0.6) is 0 Å². The van der Waals surface area contributed by atoms with E-state index in [0.29, 0.717) is 0 Å². The molecule has 0 aliphatic rings. The van der Waals surface area contributed by atoms with Crippen LogP contribution >= 0.6 is 0 Å². The van der Waals surface area contributed by atoms with Gasteiger partial charge in [0.25, 0.3) is 0 Å². The van der Waals surface area contributed by atoms with Gasteiger partial charge in [-0.3, -0.25) is 0 Å². The lowest BCUT2D eigenvalue weighted by atomic mass is 10.1. The van der Waals surface area contributed by atoms with Gasteiger partial charge in [0.1, 0.15) is 0 Å². The van der Waals surface area contributed by atoms with E-state index in [4.69, 9.17) is 4.43 Å². The third kappa shape index (κ3) is 6.89. The minimum absolute atomic E-state index is 0.0277. The Hall–Kier alpha value is -0.943. The number of aliphatic hydroxyl groups excluding tert-OH is 1. The molecule has 0 fully saturated rings. The fourth-order valence-corrected chi connectivity index (χ4v) is 3.75. The fraction of sp³-hybridized carbons (Fsp3) is 0.600. The normalized spacial score (nSPS) is 15.1. The average Bonchev–Trinajstić information content (AvgIpc) is 2.51. The number of hydrogen-bond acceptors (Lipinski definition) is 3. The summed E-state index contributed by atoms with van der Waals surface area (Å²) >= 11 is 0. The summed E-state index contributed by atoms with van der Waals surface area (Å²) in [7, 11) is -1.83. The highest BCUT2D eigenvalue weighted by atomic mass is 28.4. The van der Waals surface area contributed by atoms with Crippen molar-refractivity contribution in [2.45, 2.75) is 70.4 Å². The molecule has 136 valence electrons. The summed E-state index contributed by atoms with van der Waals surface area (Å²) in [5.41, 5.74) is 1.22. The lowest BCUT2D eigenvalue weighted by Crippen LogP contribution is -2.46. The molecule has 3 nitrogen and oxygen atoms in total. The van der Waals surface area contributed by atoms with Crippen LogP contribution in [0.15, 0.2) is 43.0 Å². The van der Waals surface area contributed by atoms with E-state index in [0.717, 1.165) is 19.4 Å². The van der Waals surface area contributed by atoms with E-state index in [1.165, 1.54) is 5.56 Å². The zero-order valence-corrected chi connectivity index (χ0v) is 17.0. The lowest BCUT2D eigenvalue weighted by molar-refractivity contribution is 0.136. The number of hydrogen-bond donors (Lipinski definition) is 2. The molecule has 2 N–H and O–H groups in total. The maximum atomic E-state index is 9.75. The van der Waals surface area contributed by atoms with Gasteiger partial charge >= 0.3 is 0 Å². The molecule has 4 heteroatoms. The Labute approximate surface area is 149 Å². The minimum Gasteiger partial charge on any atom is -0.414 e. The molecule has 0 aromatic heterocycles. The Morgan fingerprint density at radius 2 is 1.88 bits per heavy atom. The summed E-state index contributed by atoms with van der Waals surface area (Å²) in [6.07, 6.45) is 3.63. The van der Waals surface area contributed by atoms with Crippen molar-refractivity contribution in [3.8, 4) is 0 Å².